The SMILES string of the molecule is O=C([O-])C1CC=CCC1Br. The number of aliphatic carboxylic acids is 1. The number of alkyl halides is 1. The first-order valence-corrected chi connectivity index (χ1v) is 4.13. The first-order chi connectivity index (χ1) is 4.72. The van der Waals surface area contributed by atoms with Crippen molar-refractivity contribution in [2.24, 2.45) is 5.92 Å². The molecule has 0 aliphatic heterocycles. The number of allylic oxidation sites excluding steroid dienone is 2. The number of rotatable bonds is 1. The average molecular weight is 204 g/mol. The van der Waals surface area contributed by atoms with Crippen LogP contribution in [0.5, 0.6) is 0 Å². The molecule has 0 aromatic heterocycles. The van der Waals surface area contributed by atoms with E-state index in [2.05, 4.69) is 15.9 Å². The normalized spacial score (nSPS) is 32.1. The summed E-state index contributed by atoms with van der Waals surface area (Å²) in [4.78, 5) is 10.4. The van der Waals surface area contributed by atoms with Gasteiger partial charge < -0.3 is 9.90 Å². The molecule has 0 amide bonds. The summed E-state index contributed by atoms with van der Waals surface area (Å²) >= 11 is 3.28. The smallest absolute Gasteiger partial charge is 0.0459 e. The van der Waals surface area contributed by atoms with Crippen molar-refractivity contribution in [1.29, 1.82) is 0 Å². The maximum Gasteiger partial charge on any atom is 0.0459 e. The Morgan fingerprint density at radius 1 is 1.50 bits per heavy atom. The molecular formula is C7H8BrO2-. The Balaban J connectivity index is 2.59. The summed E-state index contributed by atoms with van der Waals surface area (Å²) in [6.45, 7) is 0. The van der Waals surface area contributed by atoms with Crippen LogP contribution in [0, 0.1) is 5.92 Å². The highest BCUT2D eigenvalue weighted by Crippen LogP contribution is 2.24. The van der Waals surface area contributed by atoms with Crippen LogP contribution in [0.3, 0.4) is 0 Å². The average Bonchev–Trinajstić information content (AvgIpc) is 1.88. The molecule has 2 nitrogen and oxygen atoms in total. The molecule has 10 heavy (non-hydrogen) atoms. The molecule has 0 radical (unpaired) electrons. The van der Waals surface area contributed by atoms with Crippen molar-refractivity contribution in [2.75, 3.05) is 0 Å². The van der Waals surface area contributed by atoms with Gasteiger partial charge in [-0.2, -0.15) is 0 Å². The fourth-order valence-corrected chi connectivity index (χ4v) is 1.67. The molecule has 0 aromatic rings. The molecule has 0 saturated carbocycles. The Kier molecular flexibility index (Phi) is 2.49. The second-order valence-corrected chi connectivity index (χ2v) is 3.56. The van der Waals surface area contributed by atoms with Crippen LogP contribution in [0.1, 0.15) is 12.8 Å². The molecule has 0 fully saturated rings. The quantitative estimate of drug-likeness (QED) is 0.460. The topological polar surface area (TPSA) is 40.1 Å². The Labute approximate surface area is 68.1 Å². The van der Waals surface area contributed by atoms with Crippen molar-refractivity contribution in [1.82, 2.24) is 0 Å². The van der Waals surface area contributed by atoms with Gasteiger partial charge in [-0.25, -0.2) is 0 Å². The zero-order chi connectivity index (χ0) is 7.56. The van der Waals surface area contributed by atoms with Crippen molar-refractivity contribution in [3.8, 4) is 0 Å². The van der Waals surface area contributed by atoms with Gasteiger partial charge in [0.15, 0.2) is 0 Å². The number of halogens is 1. The van der Waals surface area contributed by atoms with Crippen LogP contribution >= 0.6 is 15.9 Å². The van der Waals surface area contributed by atoms with Gasteiger partial charge in [0.1, 0.15) is 0 Å². The standard InChI is InChI=1S/C7H9BrO2/c8-6-4-2-1-3-5(6)7(9)10/h1-2,5-6H,3-4H2,(H,9,10)/p-1. The summed E-state index contributed by atoms with van der Waals surface area (Å²) in [7, 11) is 0. The Hall–Kier alpha value is -0.310. The lowest BCUT2D eigenvalue weighted by atomic mass is 9.95. The third kappa shape index (κ3) is 1.59. The van der Waals surface area contributed by atoms with Gasteiger partial charge >= 0.3 is 0 Å². The van der Waals surface area contributed by atoms with Crippen LogP contribution in [0.15, 0.2) is 12.2 Å². The van der Waals surface area contributed by atoms with Crippen molar-refractivity contribution >= 4 is 21.9 Å². The zero-order valence-corrected chi connectivity index (χ0v) is 7.00. The van der Waals surface area contributed by atoms with E-state index in [0.29, 0.717) is 6.42 Å². The zero-order valence-electron chi connectivity index (χ0n) is 5.42. The van der Waals surface area contributed by atoms with Crippen molar-refractivity contribution in [3.63, 3.8) is 0 Å². The van der Waals surface area contributed by atoms with Crippen molar-refractivity contribution in [2.45, 2.75) is 17.7 Å². The monoisotopic (exact) mass is 203 g/mol. The number of carboxylic acids is 1. The molecule has 0 heterocycles. The van der Waals surface area contributed by atoms with Crippen molar-refractivity contribution < 1.29 is 9.90 Å². The molecule has 0 bridgehead atoms. The van der Waals surface area contributed by atoms with Crippen LogP contribution in [-0.4, -0.2) is 10.8 Å². The van der Waals surface area contributed by atoms with E-state index in [-0.39, 0.29) is 10.7 Å². The third-order valence-corrected chi connectivity index (χ3v) is 2.67. The molecule has 0 spiro atoms. The summed E-state index contributed by atoms with van der Waals surface area (Å²) in [6.07, 6.45) is 5.26. The second kappa shape index (κ2) is 3.19. The van der Waals surface area contributed by atoms with Crippen molar-refractivity contribution in [3.05, 3.63) is 12.2 Å². The van der Waals surface area contributed by atoms with E-state index >= 15 is 0 Å². The molecule has 2 atom stereocenters. The highest BCUT2D eigenvalue weighted by Gasteiger charge is 2.20. The van der Waals surface area contributed by atoms with Crippen LogP contribution in [0.4, 0.5) is 0 Å². The van der Waals surface area contributed by atoms with Gasteiger partial charge in [0.05, 0.1) is 0 Å². The summed E-state index contributed by atoms with van der Waals surface area (Å²) in [5, 5.41) is 10.4. The Morgan fingerprint density at radius 2 is 2.10 bits per heavy atom. The highest BCUT2D eigenvalue weighted by molar-refractivity contribution is 9.09. The minimum atomic E-state index is -0.953. The molecule has 0 saturated heterocycles. The molecule has 2 unspecified atom stereocenters. The highest BCUT2D eigenvalue weighted by atomic mass is 79.9. The largest absolute Gasteiger partial charge is 0.550 e. The minimum Gasteiger partial charge on any atom is -0.550 e. The van der Waals surface area contributed by atoms with E-state index in [1.54, 1.807) is 0 Å². The fraction of sp³-hybridized carbons (Fsp3) is 0.571. The molecule has 1 aliphatic carbocycles. The molecule has 1 aliphatic rings. The number of carboxylic acid groups (broad SMARTS) is 1. The predicted molar refractivity (Wildman–Crippen MR) is 39.6 cm³/mol. The molecule has 0 N–H and O–H groups in total. The first-order valence-electron chi connectivity index (χ1n) is 3.21. The van der Waals surface area contributed by atoms with E-state index in [1.165, 1.54) is 0 Å². The van der Waals surface area contributed by atoms with E-state index in [4.69, 9.17) is 0 Å². The number of hydrogen-bond donors (Lipinski definition) is 0. The molecule has 1 rings (SSSR count). The van der Waals surface area contributed by atoms with Gasteiger partial charge in [0, 0.05) is 16.7 Å². The first kappa shape index (κ1) is 7.79. The van der Waals surface area contributed by atoms with Gasteiger partial charge in [-0.15, -0.1) is 0 Å². The van der Waals surface area contributed by atoms with Crippen LogP contribution in [0.25, 0.3) is 0 Å². The maximum absolute atomic E-state index is 10.4. The summed E-state index contributed by atoms with van der Waals surface area (Å²) in [5.41, 5.74) is 0. The third-order valence-electron chi connectivity index (χ3n) is 1.66. The van der Waals surface area contributed by atoms with Gasteiger partial charge in [-0.3, -0.25) is 0 Å². The van der Waals surface area contributed by atoms with Crippen LogP contribution in [0.2, 0.25) is 0 Å². The van der Waals surface area contributed by atoms with Gasteiger partial charge in [-0.05, 0) is 12.8 Å². The molecule has 3 heteroatoms. The van der Waals surface area contributed by atoms with Gasteiger partial charge in [0.2, 0.25) is 0 Å². The Morgan fingerprint density at radius 3 is 2.50 bits per heavy atom. The minimum absolute atomic E-state index is 0.0579. The van der Waals surface area contributed by atoms with E-state index in [0.717, 1.165) is 6.42 Å². The van der Waals surface area contributed by atoms with Crippen LogP contribution in [-0.2, 0) is 4.79 Å². The lowest BCUT2D eigenvalue weighted by molar-refractivity contribution is -0.311. The van der Waals surface area contributed by atoms with E-state index in [1.807, 2.05) is 12.2 Å². The fourth-order valence-electron chi connectivity index (χ4n) is 1.02. The van der Waals surface area contributed by atoms with E-state index in [9.17, 15) is 9.90 Å². The number of carbonyl (C=O) groups is 1. The lowest BCUT2D eigenvalue weighted by Gasteiger charge is -2.24. The van der Waals surface area contributed by atoms with Gasteiger partial charge in [-0.1, -0.05) is 28.1 Å². The molecule has 56 valence electrons. The summed E-state index contributed by atoms with van der Waals surface area (Å²) < 4.78 is 0. The molecular weight excluding hydrogens is 196 g/mol. The second-order valence-electron chi connectivity index (χ2n) is 2.38. The maximum atomic E-state index is 10.4. The lowest BCUT2D eigenvalue weighted by Crippen LogP contribution is -2.36. The number of carbonyl (C=O) groups excluding carboxylic acids is 1. The molecule has 0 aromatic carbocycles. The number of hydrogen-bond acceptors (Lipinski definition) is 2. The van der Waals surface area contributed by atoms with Crippen LogP contribution < -0.4 is 5.11 Å². The Bertz CT molecular complexity index is 165. The van der Waals surface area contributed by atoms with Gasteiger partial charge in [0.25, 0.3) is 0 Å². The summed E-state index contributed by atoms with van der Waals surface area (Å²) in [5.74, 6) is -1.30. The summed E-state index contributed by atoms with van der Waals surface area (Å²) in [6, 6.07) is 0. The predicted octanol–water partition coefficient (Wildman–Crippen LogP) is 0.466. The van der Waals surface area contributed by atoms with E-state index < -0.39 is 5.97 Å².